The molecule has 19 heavy (non-hydrogen) atoms. The number of aliphatic hydroxyl groups excluding tert-OH is 1. The molecule has 1 aliphatic rings. The minimum atomic E-state index is -1.07. The summed E-state index contributed by atoms with van der Waals surface area (Å²) < 4.78 is 19.4. The van der Waals surface area contributed by atoms with Gasteiger partial charge in [0.1, 0.15) is 17.7 Å². The fourth-order valence-electron chi connectivity index (χ4n) is 2.28. The molecule has 1 aromatic rings. The van der Waals surface area contributed by atoms with Crippen LogP contribution in [0.1, 0.15) is 37.7 Å². The standard InChI is InChI=1S/C14H17FO4/c1-8(14(17)18)10-6-5-9(7-11(10)15)19-13-4-2-3-12(13)16/h5-8,12-13,16H,2-4H2,1H3,(H,17,18)/t8?,12-,13-/m0/s1. The van der Waals surface area contributed by atoms with Crippen molar-refractivity contribution < 1.29 is 24.1 Å². The van der Waals surface area contributed by atoms with Crippen LogP contribution in [0.4, 0.5) is 4.39 Å². The summed E-state index contributed by atoms with van der Waals surface area (Å²) in [6.45, 7) is 1.43. The number of carboxylic acid groups (broad SMARTS) is 1. The Bertz CT molecular complexity index is 475. The van der Waals surface area contributed by atoms with Crippen LogP contribution >= 0.6 is 0 Å². The van der Waals surface area contributed by atoms with Crippen molar-refractivity contribution in [2.45, 2.75) is 44.3 Å². The van der Waals surface area contributed by atoms with E-state index in [9.17, 15) is 14.3 Å². The highest BCUT2D eigenvalue weighted by molar-refractivity contribution is 5.75. The second-order valence-electron chi connectivity index (χ2n) is 4.90. The number of benzene rings is 1. The van der Waals surface area contributed by atoms with Crippen LogP contribution in [0.5, 0.6) is 5.75 Å². The van der Waals surface area contributed by atoms with Crippen molar-refractivity contribution >= 4 is 5.97 Å². The predicted octanol–water partition coefficient (Wildman–Crippen LogP) is 2.31. The third-order valence-corrected chi connectivity index (χ3v) is 3.51. The molecule has 0 spiro atoms. The summed E-state index contributed by atoms with van der Waals surface area (Å²) >= 11 is 0. The van der Waals surface area contributed by atoms with E-state index in [2.05, 4.69) is 0 Å². The maximum absolute atomic E-state index is 13.8. The molecule has 104 valence electrons. The second-order valence-corrected chi connectivity index (χ2v) is 4.90. The number of aliphatic carboxylic acids is 1. The lowest BCUT2D eigenvalue weighted by Crippen LogP contribution is -2.25. The van der Waals surface area contributed by atoms with Gasteiger partial charge >= 0.3 is 5.97 Å². The summed E-state index contributed by atoms with van der Waals surface area (Å²) in [5.74, 6) is -2.24. The Labute approximate surface area is 110 Å². The molecule has 1 saturated carbocycles. The van der Waals surface area contributed by atoms with Gasteiger partial charge in [-0.1, -0.05) is 6.07 Å². The van der Waals surface area contributed by atoms with Gasteiger partial charge in [0.15, 0.2) is 0 Å². The van der Waals surface area contributed by atoms with Crippen LogP contribution in [0.2, 0.25) is 0 Å². The highest BCUT2D eigenvalue weighted by Crippen LogP contribution is 2.28. The van der Waals surface area contributed by atoms with E-state index in [-0.39, 0.29) is 11.7 Å². The van der Waals surface area contributed by atoms with Gasteiger partial charge in [0.25, 0.3) is 0 Å². The molecule has 0 saturated heterocycles. The highest BCUT2D eigenvalue weighted by Gasteiger charge is 2.27. The van der Waals surface area contributed by atoms with Gasteiger partial charge in [0.2, 0.25) is 0 Å². The Morgan fingerprint density at radius 1 is 1.47 bits per heavy atom. The summed E-state index contributed by atoms with van der Waals surface area (Å²) in [4.78, 5) is 10.8. The van der Waals surface area contributed by atoms with E-state index in [1.54, 1.807) is 6.07 Å². The molecule has 1 aliphatic carbocycles. The third-order valence-electron chi connectivity index (χ3n) is 3.51. The summed E-state index contributed by atoms with van der Waals surface area (Å²) in [6.07, 6.45) is 1.52. The van der Waals surface area contributed by atoms with Gasteiger partial charge in [-0.15, -0.1) is 0 Å². The Kier molecular flexibility index (Phi) is 4.04. The first-order chi connectivity index (χ1) is 8.99. The predicted molar refractivity (Wildman–Crippen MR) is 66.7 cm³/mol. The van der Waals surface area contributed by atoms with E-state index in [4.69, 9.17) is 9.84 Å². The molecule has 0 amide bonds. The molecule has 0 aromatic heterocycles. The maximum Gasteiger partial charge on any atom is 0.310 e. The molecule has 0 heterocycles. The van der Waals surface area contributed by atoms with Crippen LogP contribution in [-0.2, 0) is 4.79 Å². The molecule has 0 bridgehead atoms. The number of rotatable bonds is 4. The topological polar surface area (TPSA) is 66.8 Å². The lowest BCUT2D eigenvalue weighted by molar-refractivity contribution is -0.138. The fourth-order valence-corrected chi connectivity index (χ4v) is 2.28. The molecule has 4 nitrogen and oxygen atoms in total. The van der Waals surface area contributed by atoms with Gasteiger partial charge in [0.05, 0.1) is 12.0 Å². The number of ether oxygens (including phenoxy) is 1. The number of aliphatic hydroxyl groups is 1. The summed E-state index contributed by atoms with van der Waals surface area (Å²) in [7, 11) is 0. The largest absolute Gasteiger partial charge is 0.488 e. The van der Waals surface area contributed by atoms with Crippen molar-refractivity contribution in [1.29, 1.82) is 0 Å². The van der Waals surface area contributed by atoms with Crippen molar-refractivity contribution in [2.24, 2.45) is 0 Å². The summed E-state index contributed by atoms with van der Waals surface area (Å²) in [5, 5.41) is 18.5. The number of carboxylic acids is 1. The number of hydrogen-bond acceptors (Lipinski definition) is 3. The number of hydrogen-bond donors (Lipinski definition) is 2. The molecule has 2 N–H and O–H groups in total. The number of carbonyl (C=O) groups is 1. The van der Waals surface area contributed by atoms with Crippen molar-refractivity contribution in [1.82, 2.24) is 0 Å². The first-order valence-corrected chi connectivity index (χ1v) is 6.36. The van der Waals surface area contributed by atoms with Crippen LogP contribution in [0.15, 0.2) is 18.2 Å². The zero-order chi connectivity index (χ0) is 14.0. The van der Waals surface area contributed by atoms with Gasteiger partial charge in [-0.05, 0) is 32.3 Å². The van der Waals surface area contributed by atoms with E-state index < -0.39 is 23.8 Å². The Balaban J connectivity index is 2.12. The summed E-state index contributed by atoms with van der Waals surface area (Å²) in [6, 6.07) is 4.15. The molecule has 1 fully saturated rings. The van der Waals surface area contributed by atoms with Crippen LogP contribution < -0.4 is 4.74 Å². The molecule has 0 aliphatic heterocycles. The van der Waals surface area contributed by atoms with Gasteiger partial charge in [-0.3, -0.25) is 4.79 Å². The lowest BCUT2D eigenvalue weighted by atomic mass is 10.0. The normalized spacial score (nSPS) is 24.2. The first-order valence-electron chi connectivity index (χ1n) is 6.36. The zero-order valence-electron chi connectivity index (χ0n) is 10.7. The monoisotopic (exact) mass is 268 g/mol. The van der Waals surface area contributed by atoms with Crippen molar-refractivity contribution in [3.63, 3.8) is 0 Å². The Morgan fingerprint density at radius 3 is 2.74 bits per heavy atom. The molecular weight excluding hydrogens is 251 g/mol. The van der Waals surface area contributed by atoms with Gasteiger partial charge in [-0.25, -0.2) is 4.39 Å². The first kappa shape index (κ1) is 13.8. The van der Waals surface area contributed by atoms with E-state index in [1.807, 2.05) is 0 Å². The van der Waals surface area contributed by atoms with Crippen LogP contribution in [0.25, 0.3) is 0 Å². The van der Waals surface area contributed by atoms with Gasteiger partial charge in [0, 0.05) is 11.6 Å². The van der Waals surface area contributed by atoms with Crippen molar-refractivity contribution in [3.05, 3.63) is 29.6 Å². The molecule has 0 radical (unpaired) electrons. The fraction of sp³-hybridized carbons (Fsp3) is 0.500. The number of halogens is 1. The molecular formula is C14H17FO4. The SMILES string of the molecule is CC(C(=O)O)c1ccc(O[C@H]2CCC[C@@H]2O)cc1F. The van der Waals surface area contributed by atoms with Gasteiger partial charge < -0.3 is 14.9 Å². The van der Waals surface area contributed by atoms with E-state index >= 15 is 0 Å². The molecule has 5 heteroatoms. The molecule has 1 unspecified atom stereocenters. The van der Waals surface area contributed by atoms with E-state index in [0.29, 0.717) is 12.2 Å². The van der Waals surface area contributed by atoms with E-state index in [0.717, 1.165) is 12.8 Å². The average molecular weight is 268 g/mol. The Morgan fingerprint density at radius 2 is 2.21 bits per heavy atom. The highest BCUT2D eigenvalue weighted by atomic mass is 19.1. The van der Waals surface area contributed by atoms with E-state index in [1.165, 1.54) is 19.1 Å². The van der Waals surface area contributed by atoms with Crippen molar-refractivity contribution in [2.75, 3.05) is 0 Å². The zero-order valence-corrected chi connectivity index (χ0v) is 10.7. The van der Waals surface area contributed by atoms with Gasteiger partial charge in [-0.2, -0.15) is 0 Å². The van der Waals surface area contributed by atoms with Crippen molar-refractivity contribution in [3.8, 4) is 5.75 Å². The lowest BCUT2D eigenvalue weighted by Gasteiger charge is -2.18. The quantitative estimate of drug-likeness (QED) is 0.879. The maximum atomic E-state index is 13.8. The Hall–Kier alpha value is -1.62. The minimum Gasteiger partial charge on any atom is -0.488 e. The van der Waals surface area contributed by atoms with Crippen LogP contribution in [-0.4, -0.2) is 28.4 Å². The minimum absolute atomic E-state index is 0.131. The molecule has 2 rings (SSSR count). The van der Waals surface area contributed by atoms with Crippen LogP contribution in [0, 0.1) is 5.82 Å². The van der Waals surface area contributed by atoms with Crippen LogP contribution in [0.3, 0.4) is 0 Å². The second kappa shape index (κ2) is 5.57. The summed E-state index contributed by atoms with van der Waals surface area (Å²) in [5.41, 5.74) is 0.131. The third kappa shape index (κ3) is 3.04. The molecule has 3 atom stereocenters. The smallest absolute Gasteiger partial charge is 0.310 e. The molecule has 1 aromatic carbocycles. The average Bonchev–Trinajstić information content (AvgIpc) is 2.74.